The molecular weight excluding hydrogens is 246 g/mol. The summed E-state index contributed by atoms with van der Waals surface area (Å²) in [7, 11) is 0. The van der Waals surface area contributed by atoms with Gasteiger partial charge in [0.2, 0.25) is 0 Å². The van der Waals surface area contributed by atoms with Gasteiger partial charge in [-0.3, -0.25) is 0 Å². The number of rotatable bonds is 4. The van der Waals surface area contributed by atoms with Crippen molar-refractivity contribution in [2.75, 3.05) is 11.4 Å². The van der Waals surface area contributed by atoms with E-state index in [1.165, 1.54) is 0 Å². The Morgan fingerprint density at radius 3 is 2.44 bits per heavy atom. The van der Waals surface area contributed by atoms with Gasteiger partial charge in [0.1, 0.15) is 0 Å². The summed E-state index contributed by atoms with van der Waals surface area (Å²) >= 11 is 6.05. The lowest BCUT2D eigenvalue weighted by Crippen LogP contribution is -2.17. The normalized spacial score (nSPS) is 10.4. The van der Waals surface area contributed by atoms with Gasteiger partial charge >= 0.3 is 0 Å². The molecule has 0 aliphatic heterocycles. The van der Waals surface area contributed by atoms with Crippen molar-refractivity contribution >= 4 is 23.0 Å². The van der Waals surface area contributed by atoms with Crippen LogP contribution in [0.2, 0.25) is 5.02 Å². The SMILES string of the molecule is CCN(c1ccccc1)c1cc(Cl)ccc1CO. The van der Waals surface area contributed by atoms with Crippen LogP contribution in [0, 0.1) is 0 Å². The van der Waals surface area contributed by atoms with E-state index in [-0.39, 0.29) is 6.61 Å². The van der Waals surface area contributed by atoms with Crippen LogP contribution in [0.3, 0.4) is 0 Å². The number of nitrogens with zero attached hydrogens (tertiary/aromatic N) is 1. The van der Waals surface area contributed by atoms with Gasteiger partial charge in [-0.1, -0.05) is 35.9 Å². The van der Waals surface area contributed by atoms with E-state index in [0.29, 0.717) is 5.02 Å². The van der Waals surface area contributed by atoms with Gasteiger partial charge in [-0.25, -0.2) is 0 Å². The number of hydrogen-bond acceptors (Lipinski definition) is 2. The number of benzene rings is 2. The number of hydrogen-bond donors (Lipinski definition) is 1. The van der Waals surface area contributed by atoms with Crippen molar-refractivity contribution in [3.63, 3.8) is 0 Å². The van der Waals surface area contributed by atoms with Gasteiger partial charge < -0.3 is 10.0 Å². The van der Waals surface area contributed by atoms with Crippen LogP contribution in [0.5, 0.6) is 0 Å². The Bertz CT molecular complexity index is 513. The molecule has 2 aromatic carbocycles. The fourth-order valence-corrected chi connectivity index (χ4v) is 2.19. The largest absolute Gasteiger partial charge is 0.392 e. The van der Waals surface area contributed by atoms with Gasteiger partial charge in [-0.2, -0.15) is 0 Å². The first-order valence-corrected chi connectivity index (χ1v) is 6.36. The lowest BCUT2D eigenvalue weighted by molar-refractivity contribution is 0.282. The molecule has 0 bridgehead atoms. The summed E-state index contributed by atoms with van der Waals surface area (Å²) in [4.78, 5) is 2.14. The average Bonchev–Trinajstić information content (AvgIpc) is 2.41. The van der Waals surface area contributed by atoms with Gasteiger partial charge in [0, 0.05) is 28.5 Å². The molecule has 0 amide bonds. The molecule has 0 unspecified atom stereocenters. The Morgan fingerprint density at radius 2 is 1.83 bits per heavy atom. The predicted molar refractivity (Wildman–Crippen MR) is 76.5 cm³/mol. The summed E-state index contributed by atoms with van der Waals surface area (Å²) in [6.07, 6.45) is 0. The minimum atomic E-state index is 0.00976. The van der Waals surface area contributed by atoms with Crippen LogP contribution in [0.4, 0.5) is 11.4 Å². The Kier molecular flexibility index (Phi) is 4.24. The zero-order valence-corrected chi connectivity index (χ0v) is 11.1. The van der Waals surface area contributed by atoms with E-state index >= 15 is 0 Å². The lowest BCUT2D eigenvalue weighted by Gasteiger charge is -2.25. The van der Waals surface area contributed by atoms with Crippen molar-refractivity contribution in [1.82, 2.24) is 0 Å². The number of anilines is 2. The maximum absolute atomic E-state index is 9.43. The molecule has 1 N–H and O–H groups in total. The standard InChI is InChI=1S/C15H16ClNO/c1-2-17(14-6-4-3-5-7-14)15-10-13(16)9-8-12(15)11-18/h3-10,18H,2,11H2,1H3. The van der Waals surface area contributed by atoms with Crippen LogP contribution < -0.4 is 4.90 Å². The van der Waals surface area contributed by atoms with E-state index in [0.717, 1.165) is 23.5 Å². The molecule has 2 nitrogen and oxygen atoms in total. The van der Waals surface area contributed by atoms with Gasteiger partial charge in [0.25, 0.3) is 0 Å². The molecule has 0 spiro atoms. The third kappa shape index (κ3) is 2.66. The highest BCUT2D eigenvalue weighted by Crippen LogP contribution is 2.30. The Labute approximate surface area is 112 Å². The third-order valence-electron chi connectivity index (χ3n) is 2.89. The summed E-state index contributed by atoms with van der Waals surface area (Å²) in [5, 5.41) is 10.1. The molecule has 0 aromatic heterocycles. The van der Waals surface area contributed by atoms with Gasteiger partial charge in [-0.15, -0.1) is 0 Å². The fraction of sp³-hybridized carbons (Fsp3) is 0.200. The van der Waals surface area contributed by atoms with Gasteiger partial charge in [-0.05, 0) is 31.2 Å². The van der Waals surface area contributed by atoms with Crippen molar-refractivity contribution in [3.05, 3.63) is 59.1 Å². The summed E-state index contributed by atoms with van der Waals surface area (Å²) < 4.78 is 0. The Hall–Kier alpha value is -1.51. The monoisotopic (exact) mass is 261 g/mol. The quantitative estimate of drug-likeness (QED) is 0.900. The van der Waals surface area contributed by atoms with Gasteiger partial charge in [0.05, 0.1) is 6.61 Å². The molecule has 0 heterocycles. The Balaban J connectivity index is 2.48. The molecule has 0 fully saturated rings. The molecule has 3 heteroatoms. The lowest BCUT2D eigenvalue weighted by atomic mass is 10.1. The molecule has 0 saturated carbocycles. The second kappa shape index (κ2) is 5.89. The van der Waals surface area contributed by atoms with Crippen LogP contribution in [0.25, 0.3) is 0 Å². The second-order valence-corrected chi connectivity index (χ2v) is 4.45. The van der Waals surface area contributed by atoms with E-state index in [1.54, 1.807) is 6.07 Å². The smallest absolute Gasteiger partial charge is 0.0702 e. The zero-order valence-electron chi connectivity index (χ0n) is 10.3. The first kappa shape index (κ1) is 12.9. The summed E-state index contributed by atoms with van der Waals surface area (Å²) in [5.74, 6) is 0. The second-order valence-electron chi connectivity index (χ2n) is 4.01. The minimum Gasteiger partial charge on any atom is -0.392 e. The molecular formula is C15H16ClNO. The molecule has 0 radical (unpaired) electrons. The maximum atomic E-state index is 9.43. The molecule has 2 aromatic rings. The number of aliphatic hydroxyl groups excluding tert-OH is 1. The van der Waals surface area contributed by atoms with Crippen LogP contribution in [-0.4, -0.2) is 11.7 Å². The average molecular weight is 262 g/mol. The van der Waals surface area contributed by atoms with Crippen molar-refractivity contribution in [2.24, 2.45) is 0 Å². The first-order chi connectivity index (χ1) is 8.76. The molecule has 2 rings (SSSR count). The summed E-state index contributed by atoms with van der Waals surface area (Å²) in [6.45, 7) is 2.91. The number of para-hydroxylation sites is 1. The molecule has 0 aliphatic carbocycles. The summed E-state index contributed by atoms with van der Waals surface area (Å²) in [6, 6.07) is 15.6. The van der Waals surface area contributed by atoms with E-state index in [2.05, 4.69) is 11.8 Å². The molecule has 0 saturated heterocycles. The highest BCUT2D eigenvalue weighted by atomic mass is 35.5. The topological polar surface area (TPSA) is 23.5 Å². The van der Waals surface area contributed by atoms with Crippen molar-refractivity contribution in [2.45, 2.75) is 13.5 Å². The molecule has 94 valence electrons. The highest BCUT2D eigenvalue weighted by Gasteiger charge is 2.11. The zero-order chi connectivity index (χ0) is 13.0. The van der Waals surface area contributed by atoms with Crippen LogP contribution in [0.1, 0.15) is 12.5 Å². The van der Waals surface area contributed by atoms with E-state index in [9.17, 15) is 5.11 Å². The van der Waals surface area contributed by atoms with Crippen molar-refractivity contribution in [1.29, 1.82) is 0 Å². The van der Waals surface area contributed by atoms with Gasteiger partial charge in [0.15, 0.2) is 0 Å². The third-order valence-corrected chi connectivity index (χ3v) is 3.13. The van der Waals surface area contributed by atoms with E-state index in [1.807, 2.05) is 42.5 Å². The summed E-state index contributed by atoms with van der Waals surface area (Å²) in [5.41, 5.74) is 2.93. The van der Waals surface area contributed by atoms with E-state index < -0.39 is 0 Å². The van der Waals surface area contributed by atoms with Crippen LogP contribution in [0.15, 0.2) is 48.5 Å². The number of halogens is 1. The van der Waals surface area contributed by atoms with Crippen molar-refractivity contribution < 1.29 is 5.11 Å². The maximum Gasteiger partial charge on any atom is 0.0702 e. The van der Waals surface area contributed by atoms with E-state index in [4.69, 9.17) is 11.6 Å². The predicted octanol–water partition coefficient (Wildman–Crippen LogP) is 3.99. The van der Waals surface area contributed by atoms with Crippen molar-refractivity contribution in [3.8, 4) is 0 Å². The minimum absolute atomic E-state index is 0.00976. The first-order valence-electron chi connectivity index (χ1n) is 5.98. The Morgan fingerprint density at radius 1 is 1.11 bits per heavy atom. The molecule has 18 heavy (non-hydrogen) atoms. The van der Waals surface area contributed by atoms with Crippen LogP contribution >= 0.6 is 11.6 Å². The molecule has 0 atom stereocenters. The van der Waals surface area contributed by atoms with Crippen LogP contribution in [-0.2, 0) is 6.61 Å². The number of aliphatic hydroxyl groups is 1. The fourth-order valence-electron chi connectivity index (χ4n) is 2.02. The molecule has 0 aliphatic rings. The highest BCUT2D eigenvalue weighted by molar-refractivity contribution is 6.30.